The van der Waals surface area contributed by atoms with Gasteiger partial charge in [0.25, 0.3) is 0 Å². The van der Waals surface area contributed by atoms with Crippen LogP contribution in [0.5, 0.6) is 0 Å². The van der Waals surface area contributed by atoms with Gasteiger partial charge in [-0.05, 0) is 18.9 Å². The van der Waals surface area contributed by atoms with Gasteiger partial charge in [0.15, 0.2) is 0 Å². The quantitative estimate of drug-likeness (QED) is 0.886. The van der Waals surface area contributed by atoms with E-state index >= 15 is 0 Å². The first kappa shape index (κ1) is 13.6. The summed E-state index contributed by atoms with van der Waals surface area (Å²) >= 11 is 0. The Kier molecular flexibility index (Phi) is 4.03. The molecule has 2 fully saturated rings. The summed E-state index contributed by atoms with van der Waals surface area (Å²) in [6.45, 7) is 4.97. The van der Waals surface area contributed by atoms with Crippen molar-refractivity contribution in [1.29, 1.82) is 0 Å². The molecule has 2 aliphatic heterocycles. The SMILES string of the molecule is C[C@@H]1[C@@H](c2ccccc2)CCN1C(=O)[C@H]1COCCN1. The van der Waals surface area contributed by atoms with Gasteiger partial charge < -0.3 is 15.0 Å². The molecule has 1 amide bonds. The molecule has 0 unspecified atom stereocenters. The molecule has 2 saturated heterocycles. The van der Waals surface area contributed by atoms with Crippen LogP contribution in [0.15, 0.2) is 30.3 Å². The zero-order valence-corrected chi connectivity index (χ0v) is 11.9. The number of rotatable bonds is 2. The molecule has 4 heteroatoms. The molecule has 3 atom stereocenters. The molecular formula is C16H22N2O2. The summed E-state index contributed by atoms with van der Waals surface area (Å²) in [7, 11) is 0. The monoisotopic (exact) mass is 274 g/mol. The minimum absolute atomic E-state index is 0.166. The Morgan fingerprint density at radius 2 is 2.15 bits per heavy atom. The Bertz CT molecular complexity index is 457. The molecular weight excluding hydrogens is 252 g/mol. The second kappa shape index (κ2) is 5.94. The fourth-order valence-electron chi connectivity index (χ4n) is 3.32. The van der Waals surface area contributed by atoms with Gasteiger partial charge in [0.2, 0.25) is 5.91 Å². The number of carbonyl (C=O) groups excluding carboxylic acids is 1. The van der Waals surface area contributed by atoms with Crippen molar-refractivity contribution in [3.8, 4) is 0 Å². The maximum atomic E-state index is 12.6. The molecule has 2 heterocycles. The summed E-state index contributed by atoms with van der Waals surface area (Å²) in [6, 6.07) is 10.6. The van der Waals surface area contributed by atoms with Crippen molar-refractivity contribution in [3.05, 3.63) is 35.9 Å². The average Bonchev–Trinajstić information content (AvgIpc) is 2.90. The van der Waals surface area contributed by atoms with Crippen molar-refractivity contribution in [2.24, 2.45) is 0 Å². The predicted molar refractivity (Wildman–Crippen MR) is 77.6 cm³/mol. The molecule has 1 N–H and O–H groups in total. The fourth-order valence-corrected chi connectivity index (χ4v) is 3.32. The highest BCUT2D eigenvalue weighted by atomic mass is 16.5. The Hall–Kier alpha value is -1.39. The molecule has 3 rings (SSSR count). The number of ether oxygens (including phenoxy) is 1. The molecule has 1 aromatic carbocycles. The minimum atomic E-state index is -0.166. The van der Waals surface area contributed by atoms with Crippen LogP contribution in [0.1, 0.15) is 24.8 Å². The van der Waals surface area contributed by atoms with Crippen molar-refractivity contribution in [3.63, 3.8) is 0 Å². The number of likely N-dealkylation sites (tertiary alicyclic amines) is 1. The topological polar surface area (TPSA) is 41.6 Å². The molecule has 4 nitrogen and oxygen atoms in total. The van der Waals surface area contributed by atoms with Gasteiger partial charge in [-0.25, -0.2) is 0 Å². The largest absolute Gasteiger partial charge is 0.378 e. The lowest BCUT2D eigenvalue weighted by Crippen LogP contribution is -2.53. The van der Waals surface area contributed by atoms with E-state index in [0.29, 0.717) is 19.1 Å². The number of carbonyl (C=O) groups is 1. The Labute approximate surface area is 120 Å². The van der Waals surface area contributed by atoms with Gasteiger partial charge >= 0.3 is 0 Å². The smallest absolute Gasteiger partial charge is 0.242 e. The van der Waals surface area contributed by atoms with Crippen molar-refractivity contribution >= 4 is 5.91 Å². The van der Waals surface area contributed by atoms with Gasteiger partial charge in [0.05, 0.1) is 13.2 Å². The second-order valence-corrected chi connectivity index (χ2v) is 5.66. The van der Waals surface area contributed by atoms with Crippen LogP contribution in [0.3, 0.4) is 0 Å². The van der Waals surface area contributed by atoms with Gasteiger partial charge in [-0.1, -0.05) is 30.3 Å². The molecule has 0 bridgehead atoms. The highest BCUT2D eigenvalue weighted by molar-refractivity contribution is 5.83. The van der Waals surface area contributed by atoms with Crippen molar-refractivity contribution in [2.75, 3.05) is 26.3 Å². The number of benzene rings is 1. The number of morpholine rings is 1. The van der Waals surface area contributed by atoms with Gasteiger partial charge in [-0.15, -0.1) is 0 Å². The molecule has 1 aromatic rings. The zero-order valence-electron chi connectivity index (χ0n) is 11.9. The third kappa shape index (κ3) is 2.58. The molecule has 108 valence electrons. The van der Waals surface area contributed by atoms with E-state index < -0.39 is 0 Å². The van der Waals surface area contributed by atoms with E-state index in [1.54, 1.807) is 0 Å². The summed E-state index contributed by atoms with van der Waals surface area (Å²) < 4.78 is 5.40. The number of amides is 1. The predicted octanol–water partition coefficient (Wildman–Crippen LogP) is 1.38. The van der Waals surface area contributed by atoms with Gasteiger partial charge in [-0.3, -0.25) is 4.79 Å². The number of nitrogens with one attached hydrogen (secondary N) is 1. The van der Waals surface area contributed by atoms with E-state index in [1.165, 1.54) is 5.56 Å². The average molecular weight is 274 g/mol. The summed E-state index contributed by atoms with van der Waals surface area (Å²) in [5, 5.41) is 3.25. The van der Waals surface area contributed by atoms with Crippen LogP contribution in [-0.2, 0) is 9.53 Å². The highest BCUT2D eigenvalue weighted by Crippen LogP contribution is 2.33. The molecule has 0 spiro atoms. The zero-order chi connectivity index (χ0) is 13.9. The summed E-state index contributed by atoms with van der Waals surface area (Å²) in [5.41, 5.74) is 1.34. The first-order chi connectivity index (χ1) is 9.77. The standard InChI is InChI=1S/C16H22N2O2/c1-12-14(13-5-3-2-4-6-13)7-9-18(12)16(19)15-11-20-10-8-17-15/h2-6,12,14-15,17H,7-11H2,1H3/t12-,14+,15-/m1/s1. The van der Waals surface area contributed by atoms with Crippen LogP contribution >= 0.6 is 0 Å². The normalized spacial score (nSPS) is 30.4. The third-order valence-corrected chi connectivity index (χ3v) is 4.49. The first-order valence-corrected chi connectivity index (χ1v) is 7.44. The number of nitrogens with zero attached hydrogens (tertiary/aromatic N) is 1. The molecule has 20 heavy (non-hydrogen) atoms. The Morgan fingerprint density at radius 3 is 2.85 bits per heavy atom. The maximum absolute atomic E-state index is 12.6. The van der Waals surface area contributed by atoms with Crippen LogP contribution in [0, 0.1) is 0 Å². The fraction of sp³-hybridized carbons (Fsp3) is 0.562. The highest BCUT2D eigenvalue weighted by Gasteiger charge is 2.37. The summed E-state index contributed by atoms with van der Waals surface area (Å²) in [5.74, 6) is 0.639. The van der Waals surface area contributed by atoms with E-state index in [1.807, 2.05) is 11.0 Å². The molecule has 2 aliphatic rings. The van der Waals surface area contributed by atoms with Crippen LogP contribution < -0.4 is 5.32 Å². The second-order valence-electron chi connectivity index (χ2n) is 5.66. The Balaban J connectivity index is 1.69. The maximum Gasteiger partial charge on any atom is 0.242 e. The van der Waals surface area contributed by atoms with E-state index in [9.17, 15) is 4.79 Å². The first-order valence-electron chi connectivity index (χ1n) is 7.44. The van der Waals surface area contributed by atoms with E-state index in [2.05, 4.69) is 36.5 Å². The van der Waals surface area contributed by atoms with Crippen molar-refractivity contribution in [2.45, 2.75) is 31.3 Å². The third-order valence-electron chi connectivity index (χ3n) is 4.49. The van der Waals surface area contributed by atoms with Crippen molar-refractivity contribution in [1.82, 2.24) is 10.2 Å². The van der Waals surface area contributed by atoms with E-state index in [0.717, 1.165) is 19.5 Å². The lowest BCUT2D eigenvalue weighted by atomic mass is 9.93. The van der Waals surface area contributed by atoms with Gasteiger partial charge in [0, 0.05) is 25.0 Å². The van der Waals surface area contributed by atoms with Crippen molar-refractivity contribution < 1.29 is 9.53 Å². The lowest BCUT2D eigenvalue weighted by molar-refractivity contribution is -0.137. The lowest BCUT2D eigenvalue weighted by Gasteiger charge is -2.31. The number of hydrogen-bond donors (Lipinski definition) is 1. The Morgan fingerprint density at radius 1 is 1.35 bits per heavy atom. The van der Waals surface area contributed by atoms with Crippen LogP contribution in [0.25, 0.3) is 0 Å². The van der Waals surface area contributed by atoms with E-state index in [-0.39, 0.29) is 18.0 Å². The molecule has 0 saturated carbocycles. The van der Waals surface area contributed by atoms with Gasteiger partial charge in [-0.2, -0.15) is 0 Å². The van der Waals surface area contributed by atoms with Crippen LogP contribution in [0.4, 0.5) is 0 Å². The molecule has 0 aliphatic carbocycles. The summed E-state index contributed by atoms with van der Waals surface area (Å²) in [6.07, 6.45) is 1.05. The number of hydrogen-bond acceptors (Lipinski definition) is 3. The van der Waals surface area contributed by atoms with Crippen LogP contribution in [-0.4, -0.2) is 49.2 Å². The van der Waals surface area contributed by atoms with Gasteiger partial charge in [0.1, 0.15) is 6.04 Å². The van der Waals surface area contributed by atoms with Crippen LogP contribution in [0.2, 0.25) is 0 Å². The minimum Gasteiger partial charge on any atom is -0.378 e. The molecule has 0 aromatic heterocycles. The summed E-state index contributed by atoms with van der Waals surface area (Å²) in [4.78, 5) is 14.6. The van der Waals surface area contributed by atoms with E-state index in [4.69, 9.17) is 4.74 Å². The molecule has 0 radical (unpaired) electrons.